The number of hydrogen-bond donors (Lipinski definition) is 1. The lowest BCUT2D eigenvalue weighted by molar-refractivity contribution is 0.326. The van der Waals surface area contributed by atoms with Crippen LogP contribution in [0.2, 0.25) is 0 Å². The van der Waals surface area contributed by atoms with Crippen LogP contribution in [0.5, 0.6) is 0 Å². The summed E-state index contributed by atoms with van der Waals surface area (Å²) in [5.74, 6) is 0. The molecule has 1 fully saturated rings. The summed E-state index contributed by atoms with van der Waals surface area (Å²) in [6.45, 7) is 2.02. The lowest BCUT2D eigenvalue weighted by Gasteiger charge is -2.06. The molecule has 1 N–H and O–H groups in total. The molecule has 1 atom stereocenters. The second kappa shape index (κ2) is 4.76. The zero-order valence-corrected chi connectivity index (χ0v) is 8.07. The average molecular weight is 259 g/mol. The Labute approximate surface area is 71.9 Å². The first-order valence-corrected chi connectivity index (χ1v) is 6.35. The summed E-state index contributed by atoms with van der Waals surface area (Å²) in [6.07, 6.45) is 2.58. The van der Waals surface area contributed by atoms with Gasteiger partial charge in [-0.25, -0.2) is 0 Å². The molecule has 0 radical (unpaired) electrons. The van der Waals surface area contributed by atoms with Crippen LogP contribution in [0.1, 0.15) is 12.8 Å². The molecule has 1 aliphatic rings. The number of rotatable bonds is 3. The summed E-state index contributed by atoms with van der Waals surface area (Å²) in [4.78, 5) is 0. The van der Waals surface area contributed by atoms with Crippen molar-refractivity contribution >= 4 is 30.4 Å². The molecule has 1 rings (SSSR count). The van der Waals surface area contributed by atoms with Crippen LogP contribution in [0.15, 0.2) is 0 Å². The topological polar surface area (TPSA) is 21.3 Å². The van der Waals surface area contributed by atoms with Crippen molar-refractivity contribution < 1.29 is 4.18 Å². The van der Waals surface area contributed by atoms with Gasteiger partial charge in [-0.15, -0.1) is 0 Å². The van der Waals surface area contributed by atoms with Gasteiger partial charge < -0.3 is 9.50 Å². The van der Waals surface area contributed by atoms with Crippen molar-refractivity contribution in [2.75, 3.05) is 13.2 Å². The molecule has 1 heterocycles. The van der Waals surface area contributed by atoms with Gasteiger partial charge in [0.05, 0.1) is 15.8 Å². The van der Waals surface area contributed by atoms with Gasteiger partial charge in [-0.2, -0.15) is 0 Å². The molecular weight excluding hydrogens is 249 g/mol. The van der Waals surface area contributed by atoms with Gasteiger partial charge in [0.2, 0.25) is 0 Å². The number of halogens is 1. The third-order valence-electron chi connectivity index (χ3n) is 1.48. The van der Waals surface area contributed by atoms with Gasteiger partial charge >= 0.3 is 0 Å². The van der Waals surface area contributed by atoms with Crippen molar-refractivity contribution in [2.45, 2.75) is 18.9 Å². The van der Waals surface area contributed by atoms with E-state index in [0.29, 0.717) is 6.04 Å². The van der Waals surface area contributed by atoms with Crippen LogP contribution in [0, 0.1) is 0 Å². The highest BCUT2D eigenvalue weighted by atomic mass is 127. The van der Waals surface area contributed by atoms with E-state index in [-0.39, 0.29) is 0 Å². The van der Waals surface area contributed by atoms with Gasteiger partial charge in [0.15, 0.2) is 0 Å². The fourth-order valence-corrected chi connectivity index (χ4v) is 1.66. The molecule has 0 aromatic heterocycles. The van der Waals surface area contributed by atoms with Crippen LogP contribution in [-0.2, 0) is 4.18 Å². The van der Waals surface area contributed by atoms with Crippen LogP contribution >= 0.6 is 30.4 Å². The van der Waals surface area contributed by atoms with E-state index in [1.54, 1.807) is 0 Å². The highest BCUT2D eigenvalue weighted by molar-refractivity contribution is 14.2. The number of nitrogens with one attached hydrogen (secondary N) is 1. The Morgan fingerprint density at radius 2 is 2.67 bits per heavy atom. The molecule has 1 saturated heterocycles. The molecule has 0 aromatic rings. The van der Waals surface area contributed by atoms with Crippen LogP contribution in [-0.4, -0.2) is 19.2 Å². The molecule has 1 aliphatic heterocycles. The van der Waals surface area contributed by atoms with E-state index < -0.39 is 0 Å². The van der Waals surface area contributed by atoms with Crippen molar-refractivity contribution in [1.29, 1.82) is 0 Å². The van der Waals surface area contributed by atoms with Crippen LogP contribution in [0.25, 0.3) is 0 Å². The molecule has 0 spiro atoms. The second-order valence-electron chi connectivity index (χ2n) is 2.14. The largest absolute Gasteiger partial charge is 0.312 e. The predicted octanol–water partition coefficient (Wildman–Crippen LogP) is 1.75. The Hall–Kier alpha value is 1.00. The Kier molecular flexibility index (Phi) is 4.28. The normalized spacial score (nSPS) is 27.0. The molecular formula is C5H10INOS. The number of hydrogen-bond acceptors (Lipinski definition) is 3. The van der Waals surface area contributed by atoms with Crippen molar-refractivity contribution in [3.05, 3.63) is 0 Å². The Morgan fingerprint density at radius 3 is 3.22 bits per heavy atom. The van der Waals surface area contributed by atoms with Gasteiger partial charge in [-0.3, -0.25) is 0 Å². The maximum atomic E-state index is 5.16. The van der Waals surface area contributed by atoms with E-state index in [1.807, 2.05) is 0 Å². The Morgan fingerprint density at radius 1 is 1.78 bits per heavy atom. The van der Waals surface area contributed by atoms with E-state index in [0.717, 1.165) is 6.61 Å². The van der Waals surface area contributed by atoms with Crippen LogP contribution in [0.3, 0.4) is 0 Å². The minimum absolute atomic E-state index is 0.618. The van der Waals surface area contributed by atoms with E-state index in [1.165, 1.54) is 28.6 Å². The van der Waals surface area contributed by atoms with Crippen molar-refractivity contribution in [2.24, 2.45) is 0 Å². The van der Waals surface area contributed by atoms with E-state index >= 15 is 0 Å². The fourth-order valence-electron chi connectivity index (χ4n) is 1.01. The van der Waals surface area contributed by atoms with Crippen LogP contribution in [0.4, 0.5) is 0 Å². The zero-order valence-electron chi connectivity index (χ0n) is 5.10. The highest BCUT2D eigenvalue weighted by Gasteiger charge is 2.13. The van der Waals surface area contributed by atoms with Gasteiger partial charge in [0.1, 0.15) is 0 Å². The first-order chi connectivity index (χ1) is 4.43. The summed E-state index contributed by atoms with van der Waals surface area (Å²) >= 11 is 2.14. The minimum atomic E-state index is 0.618. The molecule has 9 heavy (non-hydrogen) atoms. The molecule has 0 saturated carbocycles. The quantitative estimate of drug-likeness (QED) is 0.616. The first-order valence-electron chi connectivity index (χ1n) is 3.07. The van der Waals surface area contributed by atoms with Crippen molar-refractivity contribution in [3.8, 4) is 0 Å². The summed E-state index contributed by atoms with van der Waals surface area (Å²) < 4.78 is 5.16. The lowest BCUT2D eigenvalue weighted by Crippen LogP contribution is -2.25. The third-order valence-corrected chi connectivity index (χ3v) is 2.46. The van der Waals surface area contributed by atoms with E-state index in [4.69, 9.17) is 4.18 Å². The van der Waals surface area contributed by atoms with Crippen LogP contribution < -0.4 is 5.32 Å². The molecule has 2 nitrogen and oxygen atoms in total. The standard InChI is InChI=1S/C5H10INOS/c6-9-8-4-5-2-1-3-7-5/h5,7H,1-4H2. The third kappa shape index (κ3) is 3.06. The fraction of sp³-hybridized carbons (Fsp3) is 1.00. The molecule has 1 unspecified atom stereocenters. The average Bonchev–Trinajstić information content (AvgIpc) is 2.34. The van der Waals surface area contributed by atoms with Gasteiger partial charge in [-0.05, 0) is 19.4 Å². The molecule has 0 amide bonds. The SMILES string of the molecule is ISOCC1CCCN1. The first kappa shape index (κ1) is 8.10. The summed E-state index contributed by atoms with van der Waals surface area (Å²) in [7, 11) is 1.42. The van der Waals surface area contributed by atoms with Gasteiger partial charge in [0, 0.05) is 27.2 Å². The molecule has 0 bridgehead atoms. The summed E-state index contributed by atoms with van der Waals surface area (Å²) in [6, 6.07) is 0.618. The zero-order chi connectivity index (χ0) is 6.53. The summed E-state index contributed by atoms with van der Waals surface area (Å²) in [5, 5.41) is 3.35. The Bertz CT molecular complexity index is 77.4. The minimum Gasteiger partial charge on any atom is -0.312 e. The lowest BCUT2D eigenvalue weighted by atomic mass is 10.2. The smallest absolute Gasteiger partial charge is 0.0776 e. The van der Waals surface area contributed by atoms with Crippen molar-refractivity contribution in [1.82, 2.24) is 5.32 Å². The van der Waals surface area contributed by atoms with Gasteiger partial charge in [-0.1, -0.05) is 0 Å². The van der Waals surface area contributed by atoms with Gasteiger partial charge in [0.25, 0.3) is 0 Å². The van der Waals surface area contributed by atoms with E-state index in [2.05, 4.69) is 26.5 Å². The maximum Gasteiger partial charge on any atom is 0.0776 e. The molecule has 54 valence electrons. The predicted molar refractivity (Wildman–Crippen MR) is 48.6 cm³/mol. The second-order valence-corrected chi connectivity index (χ2v) is 3.58. The highest BCUT2D eigenvalue weighted by Crippen LogP contribution is 2.14. The summed E-state index contributed by atoms with van der Waals surface area (Å²) in [5.41, 5.74) is 0. The monoisotopic (exact) mass is 259 g/mol. The van der Waals surface area contributed by atoms with Crippen molar-refractivity contribution in [3.63, 3.8) is 0 Å². The maximum absolute atomic E-state index is 5.16. The molecule has 4 heteroatoms. The Balaban J connectivity index is 1.98. The molecule has 0 aliphatic carbocycles. The van der Waals surface area contributed by atoms with E-state index in [9.17, 15) is 0 Å². The molecule has 0 aromatic carbocycles.